The quantitative estimate of drug-likeness (QED) is 0.819. The number of hydrogen-bond acceptors (Lipinski definition) is 3. The molecule has 2 aromatic rings. The number of aryl methyl sites for hydroxylation is 2. The second kappa shape index (κ2) is 4.90. The maximum atomic E-state index is 6.07. The van der Waals surface area contributed by atoms with E-state index >= 15 is 0 Å². The summed E-state index contributed by atoms with van der Waals surface area (Å²) in [6.45, 7) is 3.85. The zero-order chi connectivity index (χ0) is 12.4. The Kier molecular flexibility index (Phi) is 3.50. The van der Waals surface area contributed by atoms with Gasteiger partial charge in [0.05, 0.1) is 0 Å². The fourth-order valence-electron chi connectivity index (χ4n) is 1.44. The molecule has 1 aromatic heterocycles. The van der Waals surface area contributed by atoms with E-state index < -0.39 is 0 Å². The minimum absolute atomic E-state index is 0.334. The lowest BCUT2D eigenvalue weighted by Crippen LogP contribution is -1.92. The van der Waals surface area contributed by atoms with Gasteiger partial charge in [-0.25, -0.2) is 0 Å². The molecule has 0 aliphatic carbocycles. The first-order valence-electron chi connectivity index (χ1n) is 5.00. The van der Waals surface area contributed by atoms with Crippen molar-refractivity contribution in [3.8, 4) is 11.6 Å². The highest BCUT2D eigenvalue weighted by Gasteiger charge is 2.05. The van der Waals surface area contributed by atoms with Crippen LogP contribution in [-0.2, 0) is 0 Å². The van der Waals surface area contributed by atoms with Crippen molar-refractivity contribution in [2.24, 2.45) is 0 Å². The molecule has 5 heteroatoms. The molecule has 0 amide bonds. The lowest BCUT2D eigenvalue weighted by molar-refractivity contribution is 0.454. The predicted octanol–water partition coefficient (Wildman–Crippen LogP) is 4.19. The molecule has 0 fully saturated rings. The highest BCUT2D eigenvalue weighted by molar-refractivity contribution is 6.32. The molecule has 0 saturated carbocycles. The third-order valence-electron chi connectivity index (χ3n) is 2.24. The smallest absolute Gasteiger partial charge is 0.238 e. The molecule has 1 heterocycles. The van der Waals surface area contributed by atoms with Gasteiger partial charge in [0.1, 0.15) is 5.75 Å². The van der Waals surface area contributed by atoms with Gasteiger partial charge in [-0.05, 0) is 43.2 Å². The van der Waals surface area contributed by atoms with Crippen LogP contribution in [0.25, 0.3) is 0 Å². The lowest BCUT2D eigenvalue weighted by Gasteiger charge is -2.08. The van der Waals surface area contributed by atoms with Crippen molar-refractivity contribution in [1.29, 1.82) is 0 Å². The van der Waals surface area contributed by atoms with Crippen LogP contribution in [0.4, 0.5) is 0 Å². The number of halogens is 2. The van der Waals surface area contributed by atoms with Gasteiger partial charge in [-0.15, -0.1) is 10.2 Å². The van der Waals surface area contributed by atoms with Gasteiger partial charge in [0, 0.05) is 11.1 Å². The normalized spacial score (nSPS) is 10.4. The fraction of sp³-hybridized carbons (Fsp3) is 0.167. The number of rotatable bonds is 2. The van der Waals surface area contributed by atoms with E-state index in [1.54, 1.807) is 12.1 Å². The van der Waals surface area contributed by atoms with E-state index in [0.717, 1.165) is 16.1 Å². The Morgan fingerprint density at radius 3 is 2.18 bits per heavy atom. The maximum absolute atomic E-state index is 6.07. The topological polar surface area (TPSA) is 35.0 Å². The number of aromatic nitrogens is 2. The molecule has 0 aliphatic rings. The molecule has 0 bridgehead atoms. The minimum Gasteiger partial charge on any atom is -0.438 e. The number of benzene rings is 1. The van der Waals surface area contributed by atoms with Crippen LogP contribution >= 0.6 is 23.2 Å². The van der Waals surface area contributed by atoms with E-state index in [1.165, 1.54) is 0 Å². The van der Waals surface area contributed by atoms with E-state index in [4.69, 9.17) is 27.9 Å². The van der Waals surface area contributed by atoms with Crippen molar-refractivity contribution in [2.75, 3.05) is 0 Å². The average Bonchev–Trinajstić information content (AvgIpc) is 2.29. The molecule has 17 heavy (non-hydrogen) atoms. The first kappa shape index (κ1) is 12.1. The summed E-state index contributed by atoms with van der Waals surface area (Å²) >= 11 is 11.7. The van der Waals surface area contributed by atoms with Gasteiger partial charge in [0.2, 0.25) is 5.88 Å². The van der Waals surface area contributed by atoms with Gasteiger partial charge in [0.15, 0.2) is 5.15 Å². The average molecular weight is 269 g/mol. The zero-order valence-electron chi connectivity index (χ0n) is 9.37. The molecule has 0 saturated heterocycles. The predicted molar refractivity (Wildman–Crippen MR) is 68.0 cm³/mol. The molecular weight excluding hydrogens is 259 g/mol. The third kappa shape index (κ3) is 2.87. The Hall–Kier alpha value is -1.32. The van der Waals surface area contributed by atoms with Crippen LogP contribution in [0.1, 0.15) is 11.1 Å². The van der Waals surface area contributed by atoms with Crippen LogP contribution < -0.4 is 4.74 Å². The molecular formula is C12H10Cl2N2O. The first-order valence-corrected chi connectivity index (χ1v) is 5.75. The molecule has 1 aromatic carbocycles. The van der Waals surface area contributed by atoms with Gasteiger partial charge in [-0.3, -0.25) is 0 Å². The summed E-state index contributed by atoms with van der Waals surface area (Å²) in [7, 11) is 0. The van der Waals surface area contributed by atoms with Crippen LogP contribution in [0.3, 0.4) is 0 Å². The van der Waals surface area contributed by atoms with E-state index in [0.29, 0.717) is 16.8 Å². The number of ether oxygens (including phenoxy) is 1. The SMILES string of the molecule is Cc1cc(Oc2ccc(Cl)nn2)cc(C)c1Cl. The second-order valence-electron chi connectivity index (χ2n) is 3.67. The molecule has 0 unspecified atom stereocenters. The van der Waals surface area contributed by atoms with Gasteiger partial charge in [-0.2, -0.15) is 0 Å². The zero-order valence-corrected chi connectivity index (χ0v) is 10.9. The Morgan fingerprint density at radius 2 is 1.65 bits per heavy atom. The highest BCUT2D eigenvalue weighted by Crippen LogP contribution is 2.28. The van der Waals surface area contributed by atoms with Crippen LogP contribution in [-0.4, -0.2) is 10.2 Å². The molecule has 0 N–H and O–H groups in total. The molecule has 0 spiro atoms. The summed E-state index contributed by atoms with van der Waals surface area (Å²) in [5, 5.41) is 8.60. The summed E-state index contributed by atoms with van der Waals surface area (Å²) in [6.07, 6.45) is 0. The van der Waals surface area contributed by atoms with Gasteiger partial charge >= 0.3 is 0 Å². The minimum atomic E-state index is 0.334. The van der Waals surface area contributed by atoms with Crippen LogP contribution in [0.2, 0.25) is 10.2 Å². The third-order valence-corrected chi connectivity index (χ3v) is 3.04. The summed E-state index contributed by atoms with van der Waals surface area (Å²) in [5.74, 6) is 1.08. The number of nitrogens with zero attached hydrogens (tertiary/aromatic N) is 2. The van der Waals surface area contributed by atoms with Gasteiger partial charge < -0.3 is 4.74 Å². The van der Waals surface area contributed by atoms with Crippen molar-refractivity contribution >= 4 is 23.2 Å². The summed E-state index contributed by atoms with van der Waals surface area (Å²) in [6, 6.07) is 6.99. The molecule has 3 nitrogen and oxygen atoms in total. The number of hydrogen-bond donors (Lipinski definition) is 0. The van der Waals surface area contributed by atoms with Crippen LogP contribution in [0, 0.1) is 13.8 Å². The van der Waals surface area contributed by atoms with Crippen molar-refractivity contribution in [2.45, 2.75) is 13.8 Å². The van der Waals surface area contributed by atoms with E-state index in [9.17, 15) is 0 Å². The summed E-state index contributed by atoms with van der Waals surface area (Å²) in [5.41, 5.74) is 1.92. The maximum Gasteiger partial charge on any atom is 0.238 e. The molecule has 88 valence electrons. The lowest BCUT2D eigenvalue weighted by atomic mass is 10.1. The van der Waals surface area contributed by atoms with Crippen LogP contribution in [0.5, 0.6) is 11.6 Å². The monoisotopic (exact) mass is 268 g/mol. The van der Waals surface area contributed by atoms with E-state index in [2.05, 4.69) is 10.2 Å². The van der Waals surface area contributed by atoms with Crippen molar-refractivity contribution < 1.29 is 4.74 Å². The fourth-order valence-corrected chi connectivity index (χ4v) is 1.65. The standard InChI is InChI=1S/C12H10Cl2N2O/c1-7-5-9(6-8(2)12(7)14)17-11-4-3-10(13)15-16-11/h3-6H,1-2H3. The Balaban J connectivity index is 2.27. The van der Waals surface area contributed by atoms with Crippen molar-refractivity contribution in [1.82, 2.24) is 10.2 Å². The van der Waals surface area contributed by atoms with E-state index in [1.807, 2.05) is 26.0 Å². The molecule has 2 rings (SSSR count). The Morgan fingerprint density at radius 1 is 1.00 bits per heavy atom. The van der Waals surface area contributed by atoms with Gasteiger partial charge in [0.25, 0.3) is 0 Å². The van der Waals surface area contributed by atoms with Crippen LogP contribution in [0.15, 0.2) is 24.3 Å². The Labute approximate surface area is 109 Å². The second-order valence-corrected chi connectivity index (χ2v) is 4.43. The van der Waals surface area contributed by atoms with E-state index in [-0.39, 0.29) is 0 Å². The molecule has 0 aliphatic heterocycles. The first-order chi connectivity index (χ1) is 8.06. The highest BCUT2D eigenvalue weighted by atomic mass is 35.5. The van der Waals surface area contributed by atoms with Crippen molar-refractivity contribution in [3.05, 3.63) is 45.6 Å². The summed E-state index contributed by atoms with van der Waals surface area (Å²) in [4.78, 5) is 0. The largest absolute Gasteiger partial charge is 0.438 e. The van der Waals surface area contributed by atoms with Crippen molar-refractivity contribution in [3.63, 3.8) is 0 Å². The Bertz CT molecular complexity index is 518. The summed E-state index contributed by atoms with van der Waals surface area (Å²) < 4.78 is 5.56. The van der Waals surface area contributed by atoms with Gasteiger partial charge in [-0.1, -0.05) is 23.2 Å². The molecule has 0 radical (unpaired) electrons. The molecule has 0 atom stereocenters.